The van der Waals surface area contributed by atoms with Crippen LogP contribution in [0.5, 0.6) is 0 Å². The average molecular weight is 393 g/mol. The fraction of sp³-hybridized carbons (Fsp3) is 0.273. The Bertz CT molecular complexity index is 1140. The summed E-state index contributed by atoms with van der Waals surface area (Å²) in [4.78, 5) is 6.54. The lowest BCUT2D eigenvalue weighted by molar-refractivity contribution is 0.164. The van der Waals surface area contributed by atoms with Gasteiger partial charge in [0.1, 0.15) is 17.2 Å². The number of fused-ring (bicyclic) bond motifs is 1. The smallest absolute Gasteiger partial charge is 0.244 e. The first-order valence-electron chi connectivity index (χ1n) is 9.56. The number of nitrogens with zero attached hydrogens (tertiary/aromatic N) is 3. The molecule has 6 nitrogen and oxygen atoms in total. The van der Waals surface area contributed by atoms with E-state index in [1.165, 1.54) is 6.07 Å². The zero-order valence-electron chi connectivity index (χ0n) is 15.9. The molecule has 0 amide bonds. The molecule has 1 aliphatic rings. The molecule has 1 saturated heterocycles. The van der Waals surface area contributed by atoms with Gasteiger partial charge < -0.3 is 14.0 Å². The highest BCUT2D eigenvalue weighted by atomic mass is 19.1. The molecule has 0 aliphatic carbocycles. The lowest BCUT2D eigenvalue weighted by Gasteiger charge is -2.19. The Hall–Kier alpha value is -3.03. The van der Waals surface area contributed by atoms with Crippen LogP contribution in [0.3, 0.4) is 0 Å². The summed E-state index contributed by atoms with van der Waals surface area (Å²) in [6.07, 6.45) is 0.000891. The zero-order valence-corrected chi connectivity index (χ0v) is 15.9. The molecule has 0 saturated carbocycles. The molecule has 4 aromatic rings. The summed E-state index contributed by atoms with van der Waals surface area (Å²) in [5, 5.41) is 15.3. The SMILES string of the molecule is Cc1ccc(-c2noc([C@H]3C[C@@H](O)CN3Cc3cc4ccccc4o3)n2)cc1F. The molecule has 2 atom stereocenters. The number of aliphatic hydroxyl groups is 1. The third-order valence-corrected chi connectivity index (χ3v) is 5.37. The Balaban J connectivity index is 1.40. The normalized spacial score (nSPS) is 20.0. The molecule has 0 unspecified atom stereocenters. The Kier molecular flexibility index (Phi) is 4.41. The van der Waals surface area contributed by atoms with E-state index in [-0.39, 0.29) is 11.9 Å². The number of rotatable bonds is 4. The number of β-amino-alcohol motifs (C(OH)–C–C–N with tert-alkyl or cyclic N) is 1. The van der Waals surface area contributed by atoms with Gasteiger partial charge in [-0.1, -0.05) is 35.5 Å². The lowest BCUT2D eigenvalue weighted by atomic mass is 10.1. The van der Waals surface area contributed by atoms with Crippen molar-refractivity contribution >= 4 is 11.0 Å². The first kappa shape index (κ1) is 18.0. The van der Waals surface area contributed by atoms with Crippen LogP contribution in [0, 0.1) is 12.7 Å². The summed E-state index contributed by atoms with van der Waals surface area (Å²) in [6.45, 7) is 2.71. The maximum Gasteiger partial charge on any atom is 0.244 e. The number of hydrogen-bond acceptors (Lipinski definition) is 6. The lowest BCUT2D eigenvalue weighted by Crippen LogP contribution is -2.24. The first-order valence-corrected chi connectivity index (χ1v) is 9.56. The highest BCUT2D eigenvalue weighted by Crippen LogP contribution is 2.34. The van der Waals surface area contributed by atoms with Gasteiger partial charge in [0.15, 0.2) is 0 Å². The van der Waals surface area contributed by atoms with Crippen molar-refractivity contribution in [1.82, 2.24) is 15.0 Å². The van der Waals surface area contributed by atoms with Crippen LogP contribution in [0.15, 0.2) is 57.5 Å². The van der Waals surface area contributed by atoms with Gasteiger partial charge in [-0.25, -0.2) is 4.39 Å². The van der Waals surface area contributed by atoms with Crippen molar-refractivity contribution in [3.8, 4) is 11.4 Å². The van der Waals surface area contributed by atoms with Crippen molar-refractivity contribution in [1.29, 1.82) is 0 Å². The van der Waals surface area contributed by atoms with Crippen molar-refractivity contribution in [2.24, 2.45) is 0 Å². The quantitative estimate of drug-likeness (QED) is 0.559. The van der Waals surface area contributed by atoms with E-state index in [0.29, 0.717) is 42.4 Å². The summed E-state index contributed by atoms with van der Waals surface area (Å²) < 4.78 is 25.3. The number of hydrogen-bond donors (Lipinski definition) is 1. The van der Waals surface area contributed by atoms with E-state index < -0.39 is 6.10 Å². The first-order chi connectivity index (χ1) is 14.1. The monoisotopic (exact) mass is 393 g/mol. The predicted molar refractivity (Wildman–Crippen MR) is 104 cm³/mol. The molecule has 148 valence electrons. The Morgan fingerprint density at radius 3 is 2.90 bits per heavy atom. The maximum atomic E-state index is 13.9. The van der Waals surface area contributed by atoms with Gasteiger partial charge in [-0.2, -0.15) is 4.98 Å². The molecule has 0 spiro atoms. The molecule has 2 aromatic carbocycles. The van der Waals surface area contributed by atoms with Gasteiger partial charge in [0.25, 0.3) is 0 Å². The van der Waals surface area contributed by atoms with Crippen molar-refractivity contribution < 1.29 is 18.4 Å². The van der Waals surface area contributed by atoms with E-state index in [4.69, 9.17) is 8.94 Å². The van der Waals surface area contributed by atoms with Gasteiger partial charge in [0, 0.05) is 17.5 Å². The summed E-state index contributed by atoms with van der Waals surface area (Å²) in [7, 11) is 0. The van der Waals surface area contributed by atoms with E-state index in [1.54, 1.807) is 19.1 Å². The zero-order chi connectivity index (χ0) is 20.0. The second kappa shape index (κ2) is 7.09. The average Bonchev–Trinajstić information content (AvgIpc) is 3.41. The van der Waals surface area contributed by atoms with Gasteiger partial charge in [0.05, 0.1) is 18.7 Å². The summed E-state index contributed by atoms with van der Waals surface area (Å²) in [5.41, 5.74) is 1.96. The molecule has 5 rings (SSSR count). The van der Waals surface area contributed by atoms with E-state index in [1.807, 2.05) is 30.3 Å². The fourth-order valence-electron chi connectivity index (χ4n) is 3.85. The summed E-state index contributed by atoms with van der Waals surface area (Å²) >= 11 is 0. The largest absolute Gasteiger partial charge is 0.460 e. The number of benzene rings is 2. The minimum atomic E-state index is -0.489. The van der Waals surface area contributed by atoms with E-state index in [2.05, 4.69) is 15.0 Å². The molecule has 1 fully saturated rings. The molecule has 29 heavy (non-hydrogen) atoms. The van der Waals surface area contributed by atoms with Crippen LogP contribution in [0.1, 0.15) is 29.7 Å². The van der Waals surface area contributed by atoms with E-state index >= 15 is 0 Å². The van der Waals surface area contributed by atoms with Crippen molar-refractivity contribution in [2.45, 2.75) is 32.0 Å². The van der Waals surface area contributed by atoms with Crippen LogP contribution >= 0.6 is 0 Å². The van der Waals surface area contributed by atoms with Gasteiger partial charge in [0.2, 0.25) is 11.7 Å². The topological polar surface area (TPSA) is 75.5 Å². The molecule has 1 aliphatic heterocycles. The van der Waals surface area contributed by atoms with Crippen LogP contribution in [-0.4, -0.2) is 32.8 Å². The van der Waals surface area contributed by atoms with Gasteiger partial charge in [-0.05, 0) is 37.1 Å². The highest BCUT2D eigenvalue weighted by molar-refractivity contribution is 5.77. The minimum absolute atomic E-state index is 0.227. The second-order valence-corrected chi connectivity index (χ2v) is 7.51. The van der Waals surface area contributed by atoms with E-state index in [9.17, 15) is 9.50 Å². The van der Waals surface area contributed by atoms with Gasteiger partial charge in [-0.3, -0.25) is 4.90 Å². The summed E-state index contributed by atoms with van der Waals surface area (Å²) in [5.74, 6) is 1.25. The van der Waals surface area contributed by atoms with Crippen LogP contribution in [0.25, 0.3) is 22.4 Å². The van der Waals surface area contributed by atoms with Crippen LogP contribution < -0.4 is 0 Å². The van der Waals surface area contributed by atoms with Crippen molar-refractivity contribution in [3.63, 3.8) is 0 Å². The highest BCUT2D eigenvalue weighted by Gasteiger charge is 2.36. The molecule has 7 heteroatoms. The Labute approximate surface area is 166 Å². The number of aromatic nitrogens is 2. The van der Waals surface area contributed by atoms with Crippen LogP contribution in [-0.2, 0) is 6.54 Å². The number of para-hydroxylation sites is 1. The van der Waals surface area contributed by atoms with Crippen LogP contribution in [0.4, 0.5) is 4.39 Å². The molecular weight excluding hydrogens is 373 g/mol. The number of aliphatic hydroxyl groups excluding tert-OH is 1. The number of aryl methyl sites for hydroxylation is 1. The van der Waals surface area contributed by atoms with Crippen LogP contribution in [0.2, 0.25) is 0 Å². The van der Waals surface area contributed by atoms with E-state index in [0.717, 1.165) is 16.7 Å². The number of likely N-dealkylation sites (tertiary alicyclic amines) is 1. The van der Waals surface area contributed by atoms with Gasteiger partial charge in [-0.15, -0.1) is 0 Å². The molecule has 2 aromatic heterocycles. The number of halogens is 1. The molecule has 1 N–H and O–H groups in total. The molecule has 0 bridgehead atoms. The predicted octanol–water partition coefficient (Wildman–Crippen LogP) is 4.24. The standard InChI is InChI=1S/C22H20FN3O3/c1-13-6-7-15(9-18(13)23)21-24-22(29-25-21)19-10-16(27)11-26(19)12-17-8-14-4-2-3-5-20(14)28-17/h2-9,16,19,27H,10-12H2,1H3/t16-,19-/m1/s1. The minimum Gasteiger partial charge on any atom is -0.460 e. The summed E-state index contributed by atoms with van der Waals surface area (Å²) in [6, 6.07) is 14.5. The Morgan fingerprint density at radius 2 is 2.07 bits per heavy atom. The Morgan fingerprint density at radius 1 is 1.21 bits per heavy atom. The number of furan rings is 1. The third kappa shape index (κ3) is 3.43. The van der Waals surface area contributed by atoms with Gasteiger partial charge >= 0.3 is 0 Å². The third-order valence-electron chi connectivity index (χ3n) is 5.37. The second-order valence-electron chi connectivity index (χ2n) is 7.51. The molecule has 0 radical (unpaired) electrons. The van der Waals surface area contributed by atoms with Crippen molar-refractivity contribution in [3.05, 3.63) is 71.6 Å². The molecular formula is C22H20FN3O3. The van der Waals surface area contributed by atoms with Crippen molar-refractivity contribution in [2.75, 3.05) is 6.54 Å². The maximum absolute atomic E-state index is 13.9. The molecule has 3 heterocycles. The fourth-order valence-corrected chi connectivity index (χ4v) is 3.85.